The van der Waals surface area contributed by atoms with Gasteiger partial charge in [-0.1, -0.05) is 6.42 Å². The maximum Gasteiger partial charge on any atom is 0.226 e. The number of hydrogen-bond donors (Lipinski definition) is 1. The Morgan fingerprint density at radius 2 is 2.08 bits per heavy atom. The van der Waals surface area contributed by atoms with E-state index in [1.165, 1.54) is 6.42 Å². The molecule has 1 aliphatic carbocycles. The normalized spacial score (nSPS) is 17.4. The van der Waals surface area contributed by atoms with E-state index in [2.05, 4.69) is 26.0 Å². The van der Waals surface area contributed by atoms with Gasteiger partial charge >= 0.3 is 0 Å². The Kier molecular flexibility index (Phi) is 4.61. The van der Waals surface area contributed by atoms with Crippen molar-refractivity contribution in [3.8, 4) is 0 Å². The second kappa shape index (κ2) is 7.05. The van der Waals surface area contributed by atoms with Crippen molar-refractivity contribution in [2.75, 3.05) is 11.9 Å². The van der Waals surface area contributed by atoms with Gasteiger partial charge in [-0.15, -0.1) is 0 Å². The first kappa shape index (κ1) is 17.0. The zero-order valence-electron chi connectivity index (χ0n) is 15.5. The maximum absolute atomic E-state index is 12.6. The molecule has 0 bridgehead atoms. The Morgan fingerprint density at radius 1 is 1.23 bits per heavy atom. The third-order valence-corrected chi connectivity index (χ3v) is 5.60. The van der Waals surface area contributed by atoms with Gasteiger partial charge in [-0.3, -0.25) is 9.48 Å². The Labute approximate surface area is 153 Å². The van der Waals surface area contributed by atoms with E-state index >= 15 is 0 Å². The van der Waals surface area contributed by atoms with Gasteiger partial charge in [-0.05, 0) is 39.2 Å². The lowest BCUT2D eigenvalue weighted by Crippen LogP contribution is -2.38. The number of rotatable bonds is 4. The van der Waals surface area contributed by atoms with Crippen LogP contribution in [0.5, 0.6) is 0 Å². The molecule has 1 N–H and O–H groups in total. The number of hydrogen-bond acceptors (Lipinski definition) is 5. The van der Waals surface area contributed by atoms with Crippen molar-refractivity contribution < 1.29 is 4.79 Å². The summed E-state index contributed by atoms with van der Waals surface area (Å²) in [5, 5.41) is 8.08. The molecule has 0 unspecified atom stereocenters. The average molecular weight is 354 g/mol. The molecule has 1 fully saturated rings. The molecule has 26 heavy (non-hydrogen) atoms. The number of aryl methyl sites for hydroxylation is 2. The monoisotopic (exact) mass is 354 g/mol. The summed E-state index contributed by atoms with van der Waals surface area (Å²) in [5.74, 6) is 1.44. The van der Waals surface area contributed by atoms with Gasteiger partial charge < -0.3 is 10.2 Å². The standard InChI is InChI=1S/C19H26N6O/c1-13-14(2)21-12-22-18(13)20-10-16-9-17-11-24(7-4-8-25(17)23-16)19(26)15-5-3-6-15/h9,12,15H,3-8,10-11H2,1-2H3,(H,20,21,22). The first-order chi connectivity index (χ1) is 12.6. The average Bonchev–Trinajstić information content (AvgIpc) is 2.85. The van der Waals surface area contributed by atoms with Gasteiger partial charge in [0.2, 0.25) is 5.91 Å². The molecule has 1 amide bonds. The summed E-state index contributed by atoms with van der Waals surface area (Å²) >= 11 is 0. The Hall–Kier alpha value is -2.44. The summed E-state index contributed by atoms with van der Waals surface area (Å²) in [6.45, 7) is 7.00. The van der Waals surface area contributed by atoms with Gasteiger partial charge in [0.1, 0.15) is 12.1 Å². The minimum atomic E-state index is 0.259. The molecule has 0 atom stereocenters. The first-order valence-electron chi connectivity index (χ1n) is 9.48. The molecule has 3 heterocycles. The van der Waals surface area contributed by atoms with Crippen LogP contribution >= 0.6 is 0 Å². The fourth-order valence-corrected chi connectivity index (χ4v) is 3.60. The third kappa shape index (κ3) is 3.30. The van der Waals surface area contributed by atoms with Crippen LogP contribution in [-0.4, -0.2) is 37.1 Å². The summed E-state index contributed by atoms with van der Waals surface area (Å²) < 4.78 is 2.06. The molecular formula is C19H26N6O. The molecule has 2 aromatic heterocycles. The number of aromatic nitrogens is 4. The van der Waals surface area contributed by atoms with E-state index in [1.807, 2.05) is 18.7 Å². The van der Waals surface area contributed by atoms with Crippen molar-refractivity contribution in [3.05, 3.63) is 35.0 Å². The minimum Gasteiger partial charge on any atom is -0.364 e. The molecule has 2 aliphatic rings. The molecule has 0 saturated heterocycles. The van der Waals surface area contributed by atoms with Crippen molar-refractivity contribution in [1.82, 2.24) is 24.6 Å². The SMILES string of the molecule is Cc1ncnc(NCc2cc3n(n2)CCCN(C(=O)C2CCC2)C3)c1C. The molecule has 7 heteroatoms. The van der Waals surface area contributed by atoms with Gasteiger partial charge in [-0.25, -0.2) is 9.97 Å². The lowest BCUT2D eigenvalue weighted by molar-refractivity contribution is -0.138. The number of amides is 1. The lowest BCUT2D eigenvalue weighted by Gasteiger charge is -2.30. The van der Waals surface area contributed by atoms with E-state index in [-0.39, 0.29) is 5.92 Å². The number of carbonyl (C=O) groups excluding carboxylic acids is 1. The largest absolute Gasteiger partial charge is 0.364 e. The van der Waals surface area contributed by atoms with Gasteiger partial charge in [-0.2, -0.15) is 5.10 Å². The topological polar surface area (TPSA) is 75.9 Å². The zero-order chi connectivity index (χ0) is 18.1. The Balaban J connectivity index is 1.44. The predicted molar refractivity (Wildman–Crippen MR) is 98.4 cm³/mol. The summed E-state index contributed by atoms with van der Waals surface area (Å²) in [7, 11) is 0. The Bertz CT molecular complexity index is 810. The quantitative estimate of drug-likeness (QED) is 0.913. The van der Waals surface area contributed by atoms with E-state index in [4.69, 9.17) is 5.10 Å². The zero-order valence-corrected chi connectivity index (χ0v) is 15.5. The third-order valence-electron chi connectivity index (χ3n) is 5.60. The molecule has 138 valence electrons. The van der Waals surface area contributed by atoms with Gasteiger partial charge in [0, 0.05) is 30.3 Å². The van der Waals surface area contributed by atoms with Gasteiger partial charge in [0.25, 0.3) is 0 Å². The fourth-order valence-electron chi connectivity index (χ4n) is 3.60. The van der Waals surface area contributed by atoms with E-state index in [0.717, 1.165) is 60.8 Å². The second-order valence-corrected chi connectivity index (χ2v) is 7.38. The van der Waals surface area contributed by atoms with Crippen LogP contribution in [0.1, 0.15) is 48.3 Å². The van der Waals surface area contributed by atoms with Crippen LogP contribution in [0.15, 0.2) is 12.4 Å². The van der Waals surface area contributed by atoms with Crippen molar-refractivity contribution in [2.24, 2.45) is 5.92 Å². The van der Waals surface area contributed by atoms with Crippen molar-refractivity contribution in [3.63, 3.8) is 0 Å². The fraction of sp³-hybridized carbons (Fsp3) is 0.579. The highest BCUT2D eigenvalue weighted by atomic mass is 16.2. The minimum absolute atomic E-state index is 0.259. The van der Waals surface area contributed by atoms with Crippen LogP contribution in [0.3, 0.4) is 0 Å². The predicted octanol–water partition coefficient (Wildman–Crippen LogP) is 2.43. The highest BCUT2D eigenvalue weighted by Gasteiger charge is 2.30. The van der Waals surface area contributed by atoms with Crippen LogP contribution in [0.2, 0.25) is 0 Å². The number of carbonyl (C=O) groups is 1. The van der Waals surface area contributed by atoms with Gasteiger partial charge in [0.05, 0.1) is 24.5 Å². The first-order valence-corrected chi connectivity index (χ1v) is 9.48. The second-order valence-electron chi connectivity index (χ2n) is 7.38. The van der Waals surface area contributed by atoms with Crippen LogP contribution < -0.4 is 5.32 Å². The van der Waals surface area contributed by atoms with Crippen LogP contribution in [-0.2, 0) is 24.4 Å². The summed E-state index contributed by atoms with van der Waals surface area (Å²) in [6, 6.07) is 2.11. The van der Waals surface area contributed by atoms with Crippen LogP contribution in [0, 0.1) is 19.8 Å². The van der Waals surface area contributed by atoms with E-state index in [1.54, 1.807) is 6.33 Å². The molecule has 7 nitrogen and oxygen atoms in total. The molecule has 0 spiro atoms. The maximum atomic E-state index is 12.6. The van der Waals surface area contributed by atoms with Gasteiger partial charge in [0.15, 0.2) is 0 Å². The molecule has 0 radical (unpaired) electrons. The molecule has 1 saturated carbocycles. The smallest absolute Gasteiger partial charge is 0.226 e. The van der Waals surface area contributed by atoms with Crippen molar-refractivity contribution in [1.29, 1.82) is 0 Å². The van der Waals surface area contributed by atoms with Crippen molar-refractivity contribution >= 4 is 11.7 Å². The van der Waals surface area contributed by atoms with Crippen molar-refractivity contribution in [2.45, 2.75) is 59.2 Å². The summed E-state index contributed by atoms with van der Waals surface area (Å²) in [4.78, 5) is 23.1. The Morgan fingerprint density at radius 3 is 2.85 bits per heavy atom. The van der Waals surface area contributed by atoms with E-state index < -0.39 is 0 Å². The number of nitrogens with one attached hydrogen (secondary N) is 1. The lowest BCUT2D eigenvalue weighted by atomic mass is 9.84. The number of anilines is 1. The van der Waals surface area contributed by atoms with Crippen LogP contribution in [0.25, 0.3) is 0 Å². The van der Waals surface area contributed by atoms with Crippen LogP contribution in [0.4, 0.5) is 5.82 Å². The molecule has 4 rings (SSSR count). The molecule has 0 aromatic carbocycles. The van der Waals surface area contributed by atoms with E-state index in [9.17, 15) is 4.79 Å². The number of fused-ring (bicyclic) bond motifs is 1. The summed E-state index contributed by atoms with van der Waals surface area (Å²) in [5.41, 5.74) is 4.15. The highest BCUT2D eigenvalue weighted by Crippen LogP contribution is 2.29. The molecular weight excluding hydrogens is 328 g/mol. The number of nitrogens with zero attached hydrogens (tertiary/aromatic N) is 5. The summed E-state index contributed by atoms with van der Waals surface area (Å²) in [6.07, 6.45) is 5.85. The highest BCUT2D eigenvalue weighted by molar-refractivity contribution is 5.79. The molecule has 1 aliphatic heterocycles. The van der Waals surface area contributed by atoms with E-state index in [0.29, 0.717) is 19.0 Å². The molecule has 2 aromatic rings.